The highest BCUT2D eigenvalue weighted by atomic mass is 32.2. The summed E-state index contributed by atoms with van der Waals surface area (Å²) in [5.74, 6) is 0.942. The third kappa shape index (κ3) is 5.94. The van der Waals surface area contributed by atoms with Crippen LogP contribution in [0.15, 0.2) is 24.3 Å². The molecule has 5 nitrogen and oxygen atoms in total. The first-order chi connectivity index (χ1) is 10.4. The Labute approximate surface area is 133 Å². The Morgan fingerprint density at radius 2 is 2.14 bits per heavy atom. The first-order valence-corrected chi connectivity index (χ1v) is 9.71. The molecule has 1 saturated heterocycles. The molecule has 1 aromatic carbocycles. The van der Waals surface area contributed by atoms with E-state index in [1.54, 1.807) is 0 Å². The van der Waals surface area contributed by atoms with Gasteiger partial charge in [0, 0.05) is 19.1 Å². The summed E-state index contributed by atoms with van der Waals surface area (Å²) in [6.45, 7) is 5.49. The van der Waals surface area contributed by atoms with Crippen molar-refractivity contribution in [2.24, 2.45) is 0 Å². The van der Waals surface area contributed by atoms with Crippen LogP contribution in [0.4, 0.5) is 0 Å². The maximum Gasteiger partial charge on any atom is 0.208 e. The Kier molecular flexibility index (Phi) is 6.23. The molecule has 1 aromatic rings. The maximum atomic E-state index is 11.3. The number of benzene rings is 1. The molecule has 1 N–H and O–H groups in total. The van der Waals surface area contributed by atoms with Crippen molar-refractivity contribution in [1.82, 2.24) is 9.62 Å². The largest absolute Gasteiger partial charge is 0.493 e. The van der Waals surface area contributed by atoms with Crippen LogP contribution in [0.25, 0.3) is 0 Å². The first kappa shape index (κ1) is 17.2. The SMILES string of the molecule is Cc1ccccc1OCCCN1CCCC(NS(C)(=O)=O)C1. The summed E-state index contributed by atoms with van der Waals surface area (Å²) in [6, 6.07) is 8.06. The lowest BCUT2D eigenvalue weighted by molar-refractivity contribution is 0.184. The predicted molar refractivity (Wildman–Crippen MR) is 88.7 cm³/mol. The van der Waals surface area contributed by atoms with E-state index in [-0.39, 0.29) is 6.04 Å². The fraction of sp³-hybridized carbons (Fsp3) is 0.625. The van der Waals surface area contributed by atoms with E-state index in [0.717, 1.165) is 50.2 Å². The molecule has 1 atom stereocenters. The molecule has 1 heterocycles. The molecule has 0 radical (unpaired) electrons. The van der Waals surface area contributed by atoms with Crippen molar-refractivity contribution in [2.45, 2.75) is 32.2 Å². The number of rotatable bonds is 7. The summed E-state index contributed by atoms with van der Waals surface area (Å²) in [6.07, 6.45) is 4.12. The lowest BCUT2D eigenvalue weighted by Gasteiger charge is -2.32. The minimum absolute atomic E-state index is 0.0426. The van der Waals surface area contributed by atoms with E-state index in [1.165, 1.54) is 6.26 Å². The number of hydrogen-bond acceptors (Lipinski definition) is 4. The topological polar surface area (TPSA) is 58.6 Å². The van der Waals surface area contributed by atoms with Crippen LogP contribution in [0.1, 0.15) is 24.8 Å². The monoisotopic (exact) mass is 326 g/mol. The van der Waals surface area contributed by atoms with E-state index < -0.39 is 10.0 Å². The van der Waals surface area contributed by atoms with E-state index in [4.69, 9.17) is 4.74 Å². The highest BCUT2D eigenvalue weighted by Crippen LogP contribution is 2.16. The van der Waals surface area contributed by atoms with Gasteiger partial charge in [-0.3, -0.25) is 0 Å². The lowest BCUT2D eigenvalue weighted by Crippen LogP contribution is -2.47. The van der Waals surface area contributed by atoms with Gasteiger partial charge in [0.2, 0.25) is 10.0 Å². The second kappa shape index (κ2) is 7.94. The number of nitrogens with one attached hydrogen (secondary N) is 1. The summed E-state index contributed by atoms with van der Waals surface area (Å²) in [5.41, 5.74) is 1.15. The van der Waals surface area contributed by atoms with Gasteiger partial charge in [0.15, 0.2) is 0 Å². The van der Waals surface area contributed by atoms with Crippen LogP contribution in [0.5, 0.6) is 5.75 Å². The molecule has 0 bridgehead atoms. The van der Waals surface area contributed by atoms with Crippen molar-refractivity contribution >= 4 is 10.0 Å². The van der Waals surface area contributed by atoms with Gasteiger partial charge in [-0.15, -0.1) is 0 Å². The van der Waals surface area contributed by atoms with Crippen molar-refractivity contribution in [1.29, 1.82) is 0 Å². The Bertz CT molecular complexity index is 575. The molecule has 124 valence electrons. The molecule has 0 aromatic heterocycles. The van der Waals surface area contributed by atoms with Crippen LogP contribution in [0.3, 0.4) is 0 Å². The zero-order chi connectivity index (χ0) is 16.0. The Morgan fingerprint density at radius 1 is 1.36 bits per heavy atom. The summed E-state index contributed by atoms with van der Waals surface area (Å²) in [7, 11) is -3.11. The van der Waals surface area contributed by atoms with Crippen molar-refractivity contribution in [3.05, 3.63) is 29.8 Å². The molecule has 0 aliphatic carbocycles. The van der Waals surface area contributed by atoms with Gasteiger partial charge in [-0.1, -0.05) is 18.2 Å². The summed E-state index contributed by atoms with van der Waals surface area (Å²) in [4.78, 5) is 2.31. The van der Waals surface area contributed by atoms with Gasteiger partial charge in [-0.2, -0.15) is 0 Å². The van der Waals surface area contributed by atoms with E-state index in [0.29, 0.717) is 6.61 Å². The van der Waals surface area contributed by atoms with Crippen LogP contribution in [-0.2, 0) is 10.0 Å². The first-order valence-electron chi connectivity index (χ1n) is 7.82. The molecule has 0 spiro atoms. The van der Waals surface area contributed by atoms with Crippen LogP contribution in [0, 0.1) is 6.92 Å². The molecule has 22 heavy (non-hydrogen) atoms. The third-order valence-electron chi connectivity index (χ3n) is 3.86. The molecule has 1 aliphatic heterocycles. The molecule has 1 unspecified atom stereocenters. The van der Waals surface area contributed by atoms with Gasteiger partial charge < -0.3 is 9.64 Å². The van der Waals surface area contributed by atoms with Gasteiger partial charge >= 0.3 is 0 Å². The Balaban J connectivity index is 1.69. The van der Waals surface area contributed by atoms with E-state index in [2.05, 4.69) is 9.62 Å². The number of nitrogens with zero attached hydrogens (tertiary/aromatic N) is 1. The second-order valence-electron chi connectivity index (χ2n) is 6.00. The van der Waals surface area contributed by atoms with Crippen LogP contribution >= 0.6 is 0 Å². The fourth-order valence-electron chi connectivity index (χ4n) is 2.85. The summed E-state index contributed by atoms with van der Waals surface area (Å²) in [5, 5.41) is 0. The average molecular weight is 326 g/mol. The minimum atomic E-state index is -3.11. The zero-order valence-electron chi connectivity index (χ0n) is 13.4. The molecule has 0 amide bonds. The molecule has 2 rings (SSSR count). The molecule has 1 aliphatic rings. The third-order valence-corrected chi connectivity index (χ3v) is 4.62. The number of hydrogen-bond donors (Lipinski definition) is 1. The van der Waals surface area contributed by atoms with Crippen LogP contribution < -0.4 is 9.46 Å². The number of sulfonamides is 1. The van der Waals surface area contributed by atoms with Gasteiger partial charge in [0.25, 0.3) is 0 Å². The van der Waals surface area contributed by atoms with Gasteiger partial charge in [-0.05, 0) is 44.4 Å². The van der Waals surface area contributed by atoms with Gasteiger partial charge in [0.05, 0.1) is 12.9 Å². The Morgan fingerprint density at radius 3 is 2.86 bits per heavy atom. The highest BCUT2D eigenvalue weighted by molar-refractivity contribution is 7.88. The molecule has 0 saturated carbocycles. The molecule has 1 fully saturated rings. The Hall–Kier alpha value is -1.11. The molecule has 6 heteroatoms. The van der Waals surface area contributed by atoms with Gasteiger partial charge in [0.1, 0.15) is 5.75 Å². The van der Waals surface area contributed by atoms with E-state index >= 15 is 0 Å². The lowest BCUT2D eigenvalue weighted by atomic mass is 10.1. The molecular formula is C16H26N2O3S. The van der Waals surface area contributed by atoms with E-state index in [9.17, 15) is 8.42 Å². The minimum Gasteiger partial charge on any atom is -0.493 e. The van der Waals surface area contributed by atoms with Crippen molar-refractivity contribution < 1.29 is 13.2 Å². The normalized spacial score (nSPS) is 20.0. The standard InChI is InChI=1S/C16H26N2O3S/c1-14-7-3-4-9-16(14)21-12-6-11-18-10-5-8-15(13-18)17-22(2,19)20/h3-4,7,9,15,17H,5-6,8,10-13H2,1-2H3. The number of aryl methyl sites for hydroxylation is 1. The zero-order valence-corrected chi connectivity index (χ0v) is 14.2. The van der Waals surface area contributed by atoms with Gasteiger partial charge in [-0.25, -0.2) is 13.1 Å². The summed E-state index contributed by atoms with van der Waals surface area (Å²) < 4.78 is 31.1. The number of piperidine rings is 1. The molecular weight excluding hydrogens is 300 g/mol. The number of para-hydroxylation sites is 1. The maximum absolute atomic E-state index is 11.3. The van der Waals surface area contributed by atoms with Crippen LogP contribution in [-0.4, -0.2) is 51.9 Å². The highest BCUT2D eigenvalue weighted by Gasteiger charge is 2.21. The van der Waals surface area contributed by atoms with Crippen molar-refractivity contribution in [3.8, 4) is 5.75 Å². The quantitative estimate of drug-likeness (QED) is 0.776. The van der Waals surface area contributed by atoms with Crippen molar-refractivity contribution in [2.75, 3.05) is 32.5 Å². The smallest absolute Gasteiger partial charge is 0.208 e. The summed E-state index contributed by atoms with van der Waals surface area (Å²) >= 11 is 0. The predicted octanol–water partition coefficient (Wildman–Crippen LogP) is 1.78. The average Bonchev–Trinajstić information content (AvgIpc) is 2.44. The van der Waals surface area contributed by atoms with E-state index in [1.807, 2.05) is 31.2 Å². The second-order valence-corrected chi connectivity index (χ2v) is 7.78. The van der Waals surface area contributed by atoms with Crippen LogP contribution in [0.2, 0.25) is 0 Å². The number of ether oxygens (including phenoxy) is 1. The van der Waals surface area contributed by atoms with Crippen molar-refractivity contribution in [3.63, 3.8) is 0 Å². The number of likely N-dealkylation sites (tertiary alicyclic amines) is 1. The fourth-order valence-corrected chi connectivity index (χ4v) is 3.64.